The SMILES string of the molecule is c1ccc(-c2sc3c(ccc4c5ccccc5sc43)c2-c2c3ccccc3c(-c3cccc4ccccc34)c3ccccc23)cc1. The Labute approximate surface area is 274 Å². The first-order valence-corrected chi connectivity index (χ1v) is 17.3. The summed E-state index contributed by atoms with van der Waals surface area (Å²) in [6, 6.07) is 58.1. The van der Waals surface area contributed by atoms with Crippen molar-refractivity contribution in [2.45, 2.75) is 0 Å². The van der Waals surface area contributed by atoms with Gasteiger partial charge in [0, 0.05) is 31.3 Å². The van der Waals surface area contributed by atoms with E-state index in [9.17, 15) is 0 Å². The number of hydrogen-bond acceptors (Lipinski definition) is 2. The molecule has 0 unspecified atom stereocenters. The molecule has 0 nitrogen and oxygen atoms in total. The third-order valence-electron chi connectivity index (χ3n) is 9.48. The highest BCUT2D eigenvalue weighted by Gasteiger charge is 2.24. The average Bonchev–Trinajstić information content (AvgIpc) is 3.70. The fourth-order valence-electron chi connectivity index (χ4n) is 7.51. The number of thiophene rings is 2. The largest absolute Gasteiger partial charge is 0.134 e. The van der Waals surface area contributed by atoms with Gasteiger partial charge in [0.05, 0.1) is 9.40 Å². The van der Waals surface area contributed by atoms with E-state index in [0.717, 1.165) is 0 Å². The molecule has 2 heteroatoms. The molecular weight excluding hydrogens is 593 g/mol. The van der Waals surface area contributed by atoms with Crippen LogP contribution in [0.2, 0.25) is 0 Å². The summed E-state index contributed by atoms with van der Waals surface area (Å²) in [6.45, 7) is 0. The fraction of sp³-hybridized carbons (Fsp3) is 0. The predicted octanol–water partition coefficient (Wildman–Crippen LogP) is 13.7. The monoisotopic (exact) mass is 618 g/mol. The van der Waals surface area contributed by atoms with Crippen LogP contribution in [0.4, 0.5) is 0 Å². The second-order valence-corrected chi connectivity index (χ2v) is 14.0. The molecule has 10 rings (SSSR count). The van der Waals surface area contributed by atoms with Crippen LogP contribution in [0.1, 0.15) is 0 Å². The highest BCUT2D eigenvalue weighted by molar-refractivity contribution is 7.32. The van der Waals surface area contributed by atoms with Gasteiger partial charge in [0.15, 0.2) is 0 Å². The van der Waals surface area contributed by atoms with E-state index in [-0.39, 0.29) is 0 Å². The van der Waals surface area contributed by atoms with Crippen LogP contribution in [0.3, 0.4) is 0 Å². The zero-order valence-electron chi connectivity index (χ0n) is 24.8. The molecule has 0 aliphatic carbocycles. The minimum absolute atomic E-state index is 1.26. The summed E-state index contributed by atoms with van der Waals surface area (Å²) >= 11 is 3.87. The van der Waals surface area contributed by atoms with Gasteiger partial charge in [-0.15, -0.1) is 22.7 Å². The highest BCUT2D eigenvalue weighted by Crippen LogP contribution is 2.54. The van der Waals surface area contributed by atoms with Crippen molar-refractivity contribution in [1.82, 2.24) is 0 Å². The first-order chi connectivity index (χ1) is 22.8. The van der Waals surface area contributed by atoms with E-state index >= 15 is 0 Å². The first-order valence-electron chi connectivity index (χ1n) is 15.7. The number of hydrogen-bond donors (Lipinski definition) is 0. The molecular formula is C44H26S2. The lowest BCUT2D eigenvalue weighted by molar-refractivity contribution is 1.68. The van der Waals surface area contributed by atoms with Crippen LogP contribution in [0.5, 0.6) is 0 Å². The van der Waals surface area contributed by atoms with E-state index in [2.05, 4.69) is 158 Å². The van der Waals surface area contributed by atoms with E-state index in [4.69, 9.17) is 0 Å². The average molecular weight is 619 g/mol. The number of fused-ring (bicyclic) bond motifs is 8. The molecule has 2 aromatic heterocycles. The van der Waals surface area contributed by atoms with Crippen LogP contribution < -0.4 is 0 Å². The van der Waals surface area contributed by atoms with Gasteiger partial charge in [-0.1, -0.05) is 152 Å². The molecule has 214 valence electrons. The minimum atomic E-state index is 1.26. The van der Waals surface area contributed by atoms with E-state index in [1.54, 1.807) is 0 Å². The van der Waals surface area contributed by atoms with Gasteiger partial charge in [-0.05, 0) is 60.6 Å². The Kier molecular flexibility index (Phi) is 5.72. The molecule has 0 saturated carbocycles. The zero-order chi connectivity index (χ0) is 30.2. The van der Waals surface area contributed by atoms with E-state index in [1.807, 2.05) is 22.7 Å². The van der Waals surface area contributed by atoms with Gasteiger partial charge < -0.3 is 0 Å². The molecule has 0 aliphatic rings. The van der Waals surface area contributed by atoms with Crippen molar-refractivity contribution in [3.05, 3.63) is 158 Å². The predicted molar refractivity (Wildman–Crippen MR) is 204 cm³/mol. The minimum Gasteiger partial charge on any atom is -0.134 e. The van der Waals surface area contributed by atoms with Crippen molar-refractivity contribution >= 4 is 85.2 Å². The van der Waals surface area contributed by atoms with Crippen molar-refractivity contribution in [3.63, 3.8) is 0 Å². The van der Waals surface area contributed by atoms with Crippen LogP contribution in [0.25, 0.3) is 95.3 Å². The lowest BCUT2D eigenvalue weighted by Gasteiger charge is -2.19. The first kappa shape index (κ1) is 26.0. The van der Waals surface area contributed by atoms with Crippen LogP contribution in [0, 0.1) is 0 Å². The molecule has 2 heterocycles. The normalized spacial score (nSPS) is 11.9. The van der Waals surface area contributed by atoms with Gasteiger partial charge in [-0.2, -0.15) is 0 Å². The van der Waals surface area contributed by atoms with Gasteiger partial charge in [-0.3, -0.25) is 0 Å². The quantitative estimate of drug-likeness (QED) is 0.173. The van der Waals surface area contributed by atoms with Crippen molar-refractivity contribution in [3.8, 4) is 32.7 Å². The molecule has 10 aromatic rings. The Bertz CT molecular complexity index is 2740. The van der Waals surface area contributed by atoms with Gasteiger partial charge in [0.2, 0.25) is 0 Å². The maximum Gasteiger partial charge on any atom is 0.0534 e. The van der Waals surface area contributed by atoms with Crippen molar-refractivity contribution in [1.29, 1.82) is 0 Å². The smallest absolute Gasteiger partial charge is 0.0534 e. The second-order valence-electron chi connectivity index (χ2n) is 12.0. The Hall–Kier alpha value is -5.28. The van der Waals surface area contributed by atoms with Gasteiger partial charge in [0.1, 0.15) is 0 Å². The number of benzene rings is 8. The van der Waals surface area contributed by atoms with Gasteiger partial charge in [0.25, 0.3) is 0 Å². The molecule has 8 aromatic carbocycles. The summed E-state index contributed by atoms with van der Waals surface area (Å²) in [7, 11) is 0. The molecule has 0 fully saturated rings. The molecule has 0 atom stereocenters. The van der Waals surface area contributed by atoms with Crippen LogP contribution >= 0.6 is 22.7 Å². The Morgan fingerprint density at radius 1 is 0.304 bits per heavy atom. The highest BCUT2D eigenvalue weighted by atomic mass is 32.1. The lowest BCUT2D eigenvalue weighted by atomic mass is 9.83. The molecule has 0 radical (unpaired) electrons. The summed E-state index contributed by atoms with van der Waals surface area (Å²) in [5.41, 5.74) is 6.50. The lowest BCUT2D eigenvalue weighted by Crippen LogP contribution is -1.92. The third-order valence-corrected chi connectivity index (χ3v) is 12.1. The van der Waals surface area contributed by atoms with Crippen molar-refractivity contribution in [2.24, 2.45) is 0 Å². The van der Waals surface area contributed by atoms with Crippen LogP contribution in [-0.2, 0) is 0 Å². The maximum absolute atomic E-state index is 2.39. The fourth-order valence-corrected chi connectivity index (χ4v) is 10.2. The van der Waals surface area contributed by atoms with E-state index < -0.39 is 0 Å². The van der Waals surface area contributed by atoms with Crippen LogP contribution in [0.15, 0.2) is 158 Å². The van der Waals surface area contributed by atoms with Gasteiger partial charge in [-0.25, -0.2) is 0 Å². The maximum atomic E-state index is 2.39. The summed E-state index contributed by atoms with van der Waals surface area (Å²) in [5.74, 6) is 0. The Morgan fingerprint density at radius 2 is 0.848 bits per heavy atom. The molecule has 0 spiro atoms. The summed E-state index contributed by atoms with van der Waals surface area (Å²) < 4.78 is 4.10. The molecule has 46 heavy (non-hydrogen) atoms. The molecule has 0 bridgehead atoms. The Balaban J connectivity index is 1.40. The molecule has 0 N–H and O–H groups in total. The summed E-state index contributed by atoms with van der Waals surface area (Å²) in [5, 5.41) is 11.7. The zero-order valence-corrected chi connectivity index (χ0v) is 26.5. The van der Waals surface area contributed by atoms with E-state index in [1.165, 1.54) is 95.3 Å². The molecule has 0 aliphatic heterocycles. The van der Waals surface area contributed by atoms with Crippen LogP contribution in [-0.4, -0.2) is 0 Å². The molecule has 0 amide bonds. The van der Waals surface area contributed by atoms with Crippen molar-refractivity contribution < 1.29 is 0 Å². The van der Waals surface area contributed by atoms with Gasteiger partial charge >= 0.3 is 0 Å². The second kappa shape index (κ2) is 10.1. The topological polar surface area (TPSA) is 0 Å². The number of rotatable bonds is 3. The third kappa shape index (κ3) is 3.72. The summed E-state index contributed by atoms with van der Waals surface area (Å²) in [6.07, 6.45) is 0. The van der Waals surface area contributed by atoms with Crippen molar-refractivity contribution in [2.75, 3.05) is 0 Å². The standard InChI is InChI=1S/C44H26S2/c1-2-14-28(15-3-1)42-41(37-26-25-36-30-18-10-11-24-38(30)45-43(36)44(37)46-42)40-34-21-8-6-19-32(34)39(33-20-7-9-22-35(33)40)31-23-12-16-27-13-4-5-17-29(27)31/h1-26H. The molecule has 0 saturated heterocycles. The Morgan fingerprint density at radius 3 is 1.59 bits per heavy atom. The summed E-state index contributed by atoms with van der Waals surface area (Å²) in [4.78, 5) is 1.33. The van der Waals surface area contributed by atoms with E-state index in [0.29, 0.717) is 0 Å².